The van der Waals surface area contributed by atoms with Crippen molar-refractivity contribution in [1.29, 1.82) is 0 Å². The number of carbonyl (C=O) groups excluding carboxylic acids is 1. The number of amides is 1. The molecule has 0 spiro atoms. The molecule has 13 heteroatoms. The lowest BCUT2D eigenvalue weighted by Crippen LogP contribution is -2.38. The first-order chi connectivity index (χ1) is 23.8. The fourth-order valence-corrected chi connectivity index (χ4v) is 7.37. The minimum atomic E-state index is -3.93. The topological polar surface area (TPSA) is 153 Å². The smallest absolute Gasteiger partial charge is 0.286 e. The average molecular weight is 690 g/mol. The molecule has 0 saturated heterocycles. The maximum absolute atomic E-state index is 13.5. The predicted molar refractivity (Wildman–Crippen MR) is 183 cm³/mol. The summed E-state index contributed by atoms with van der Waals surface area (Å²) in [6.07, 6.45) is 5.46. The second kappa shape index (κ2) is 15.2. The third-order valence-corrected chi connectivity index (χ3v) is 10.4. The summed E-state index contributed by atoms with van der Waals surface area (Å²) in [5.41, 5.74) is 3.62. The number of ether oxygens (including phenoxy) is 4. The summed E-state index contributed by atoms with van der Waals surface area (Å²) >= 11 is 0. The number of rotatable bonds is 15. The Labute approximate surface area is 284 Å². The van der Waals surface area contributed by atoms with Crippen LogP contribution in [-0.4, -0.2) is 82.1 Å². The molecule has 258 valence electrons. The Kier molecular flexibility index (Phi) is 10.5. The third-order valence-electron chi connectivity index (χ3n) is 8.54. The van der Waals surface area contributed by atoms with Crippen molar-refractivity contribution < 1.29 is 41.7 Å². The average Bonchev–Trinajstić information content (AvgIpc) is 3.75. The van der Waals surface area contributed by atoms with Crippen LogP contribution in [0.5, 0.6) is 11.5 Å². The van der Waals surface area contributed by atoms with E-state index in [4.69, 9.17) is 23.4 Å². The Bertz CT molecular complexity index is 2040. The molecule has 3 heterocycles. The maximum Gasteiger partial charge on any atom is 0.286 e. The van der Waals surface area contributed by atoms with E-state index in [1.807, 2.05) is 48.7 Å². The van der Waals surface area contributed by atoms with Crippen LogP contribution in [-0.2, 0) is 30.7 Å². The Hall–Kier alpha value is -4.82. The Morgan fingerprint density at radius 1 is 1.02 bits per heavy atom. The number of nitrogens with one attached hydrogen (secondary N) is 2. The first-order valence-corrected chi connectivity index (χ1v) is 17.4. The molecule has 2 atom stereocenters. The molecule has 0 radical (unpaired) electrons. The van der Waals surface area contributed by atoms with Crippen LogP contribution in [0.2, 0.25) is 0 Å². The van der Waals surface area contributed by atoms with Crippen molar-refractivity contribution >= 4 is 37.8 Å². The fraction of sp³-hybridized carbons (Fsp3) is 0.306. The number of hydrogen-bond donors (Lipinski definition) is 3. The van der Waals surface area contributed by atoms with Crippen molar-refractivity contribution in [3.8, 4) is 11.5 Å². The molecule has 12 nitrogen and oxygen atoms in total. The van der Waals surface area contributed by atoms with Gasteiger partial charge >= 0.3 is 0 Å². The van der Waals surface area contributed by atoms with Crippen LogP contribution < -0.4 is 14.8 Å². The maximum atomic E-state index is 13.5. The van der Waals surface area contributed by atoms with Gasteiger partial charge in [0, 0.05) is 60.0 Å². The summed E-state index contributed by atoms with van der Waals surface area (Å²) in [7, 11) is -0.811. The van der Waals surface area contributed by atoms with Gasteiger partial charge in [0.05, 0.1) is 38.6 Å². The van der Waals surface area contributed by atoms with E-state index in [0.29, 0.717) is 25.1 Å². The van der Waals surface area contributed by atoms with Crippen LogP contribution in [0, 0.1) is 0 Å². The highest BCUT2D eigenvalue weighted by molar-refractivity contribution is 7.89. The number of aliphatic hydroxyl groups excluding tert-OH is 1. The number of allylic oxidation sites excluding steroid dienone is 1. The van der Waals surface area contributed by atoms with Gasteiger partial charge in [0.15, 0.2) is 5.76 Å². The summed E-state index contributed by atoms with van der Waals surface area (Å²) in [5, 5.41) is 14.5. The number of nitrogens with zero attached hydrogens (tertiary/aromatic N) is 1. The highest BCUT2D eigenvalue weighted by Crippen LogP contribution is 2.36. The highest BCUT2D eigenvalue weighted by atomic mass is 32.2. The monoisotopic (exact) mass is 689 g/mol. The molecular weight excluding hydrogens is 650 g/mol. The third kappa shape index (κ3) is 7.60. The van der Waals surface area contributed by atoms with Gasteiger partial charge in [-0.25, -0.2) is 8.42 Å². The zero-order valence-corrected chi connectivity index (χ0v) is 28.1. The van der Waals surface area contributed by atoms with Crippen molar-refractivity contribution in [2.24, 2.45) is 0 Å². The number of furan rings is 1. The number of benzene rings is 3. The van der Waals surface area contributed by atoms with Gasteiger partial charge in [-0.2, -0.15) is 4.31 Å². The molecule has 0 aliphatic carbocycles. The lowest BCUT2D eigenvalue weighted by Gasteiger charge is -2.30. The van der Waals surface area contributed by atoms with Crippen LogP contribution in [0.25, 0.3) is 21.9 Å². The fourth-order valence-electron chi connectivity index (χ4n) is 5.96. The summed E-state index contributed by atoms with van der Waals surface area (Å²) in [6, 6.07) is 19.5. The van der Waals surface area contributed by atoms with Gasteiger partial charge in [-0.15, -0.1) is 0 Å². The van der Waals surface area contributed by atoms with E-state index >= 15 is 0 Å². The summed E-state index contributed by atoms with van der Waals surface area (Å²) < 4.78 is 56.4. The zero-order chi connectivity index (χ0) is 34.4. The van der Waals surface area contributed by atoms with Gasteiger partial charge in [-0.3, -0.25) is 4.79 Å². The van der Waals surface area contributed by atoms with E-state index in [1.165, 1.54) is 19.2 Å². The molecule has 0 bridgehead atoms. The SMILES string of the molecule is COc1ccc(S(=O)(=O)N(CCO)CCO[C@@H]2C[C@H](c3coc4ccccc34)C=C(C(=O)NCCc3c[nH]c4ccc(OC)cc34)O2)cc1. The van der Waals surface area contributed by atoms with E-state index in [-0.39, 0.29) is 42.9 Å². The Morgan fingerprint density at radius 2 is 1.80 bits per heavy atom. The number of methoxy groups -OCH3 is 2. The van der Waals surface area contributed by atoms with Gasteiger partial charge in [-0.1, -0.05) is 18.2 Å². The summed E-state index contributed by atoms with van der Waals surface area (Å²) in [6.45, 7) is -0.228. The zero-order valence-electron chi connectivity index (χ0n) is 27.3. The van der Waals surface area contributed by atoms with Crippen molar-refractivity contribution in [2.45, 2.75) is 29.9 Å². The van der Waals surface area contributed by atoms with Crippen molar-refractivity contribution in [2.75, 3.05) is 47.1 Å². The molecule has 3 N–H and O–H groups in total. The van der Waals surface area contributed by atoms with Crippen LogP contribution in [0.1, 0.15) is 23.5 Å². The minimum Gasteiger partial charge on any atom is -0.497 e. The van der Waals surface area contributed by atoms with Crippen LogP contribution >= 0.6 is 0 Å². The predicted octanol–water partition coefficient (Wildman–Crippen LogP) is 4.70. The second-order valence-corrected chi connectivity index (χ2v) is 13.5. The lowest BCUT2D eigenvalue weighted by molar-refractivity contribution is -0.146. The van der Waals surface area contributed by atoms with E-state index in [9.17, 15) is 18.3 Å². The van der Waals surface area contributed by atoms with E-state index in [0.717, 1.165) is 43.1 Å². The molecule has 5 aromatic rings. The molecule has 2 aromatic heterocycles. The summed E-state index contributed by atoms with van der Waals surface area (Å²) in [5.74, 6) is 0.704. The molecule has 0 fully saturated rings. The normalized spacial score (nSPS) is 16.4. The lowest BCUT2D eigenvalue weighted by atomic mass is 9.92. The molecule has 49 heavy (non-hydrogen) atoms. The van der Waals surface area contributed by atoms with Crippen molar-refractivity contribution in [1.82, 2.24) is 14.6 Å². The summed E-state index contributed by atoms with van der Waals surface area (Å²) in [4.78, 5) is 16.8. The molecule has 1 aliphatic heterocycles. The number of para-hydroxylation sites is 1. The van der Waals surface area contributed by atoms with Gasteiger partial charge < -0.3 is 38.8 Å². The van der Waals surface area contributed by atoms with Crippen LogP contribution in [0.4, 0.5) is 0 Å². The number of carbonyl (C=O) groups is 1. The molecule has 0 saturated carbocycles. The number of aliphatic hydroxyl groups is 1. The van der Waals surface area contributed by atoms with E-state index < -0.39 is 22.2 Å². The number of aromatic nitrogens is 1. The standard InChI is InChI=1S/C36H39N3O9S/c1-44-26-7-10-28(11-8-26)49(42,43)39(15-17-40)16-18-46-35-20-25(31-23-47-33-6-4-3-5-29(31)33)19-34(48-35)36(41)37-14-13-24-22-38-32-12-9-27(45-2)21-30(24)32/h3-12,19,21-23,25,35,38,40H,13-18,20H2,1-2H3,(H,37,41)/t25-,35+/m1/s1. The molecule has 1 amide bonds. The quantitative estimate of drug-likeness (QED) is 0.142. The van der Waals surface area contributed by atoms with Crippen molar-refractivity contribution in [3.63, 3.8) is 0 Å². The number of sulfonamides is 1. The van der Waals surface area contributed by atoms with Crippen molar-refractivity contribution in [3.05, 3.63) is 102 Å². The van der Waals surface area contributed by atoms with E-state index in [1.54, 1.807) is 31.6 Å². The first kappa shape index (κ1) is 34.1. The molecule has 3 aromatic carbocycles. The largest absolute Gasteiger partial charge is 0.497 e. The highest BCUT2D eigenvalue weighted by Gasteiger charge is 2.31. The molecular formula is C36H39N3O9S. The second-order valence-electron chi connectivity index (χ2n) is 11.5. The van der Waals surface area contributed by atoms with Gasteiger partial charge in [0.25, 0.3) is 5.91 Å². The number of fused-ring (bicyclic) bond motifs is 2. The first-order valence-electron chi connectivity index (χ1n) is 15.9. The number of H-pyrrole nitrogens is 1. The Balaban J connectivity index is 1.15. The minimum absolute atomic E-state index is 0.0438. The van der Waals surface area contributed by atoms with Gasteiger partial charge in [0.1, 0.15) is 17.1 Å². The molecule has 1 aliphatic rings. The number of aromatic amines is 1. The van der Waals surface area contributed by atoms with Crippen LogP contribution in [0.15, 0.2) is 100 Å². The van der Waals surface area contributed by atoms with Gasteiger partial charge in [-0.05, 0) is 66.6 Å². The van der Waals surface area contributed by atoms with Gasteiger partial charge in [0.2, 0.25) is 16.3 Å². The van der Waals surface area contributed by atoms with E-state index in [2.05, 4.69) is 10.3 Å². The molecule has 0 unspecified atom stereocenters. The van der Waals surface area contributed by atoms with Crippen LogP contribution in [0.3, 0.4) is 0 Å². The molecule has 6 rings (SSSR count). The Morgan fingerprint density at radius 3 is 2.57 bits per heavy atom. The number of hydrogen-bond acceptors (Lipinski definition) is 9.